The molecule has 0 aliphatic rings. The minimum atomic E-state index is -3.37. The predicted molar refractivity (Wildman–Crippen MR) is 103 cm³/mol. The number of carbonyl (C=O) groups excluding carboxylic acids is 1. The van der Waals surface area contributed by atoms with Gasteiger partial charge in [-0.2, -0.15) is 0 Å². The summed E-state index contributed by atoms with van der Waals surface area (Å²) in [4.78, 5) is 12.5. The highest BCUT2D eigenvalue weighted by Gasteiger charge is 2.14. The second-order valence-corrected chi connectivity index (χ2v) is 7.88. The second kappa shape index (κ2) is 7.64. The van der Waals surface area contributed by atoms with Gasteiger partial charge in [0.05, 0.1) is 30.4 Å². The summed E-state index contributed by atoms with van der Waals surface area (Å²) in [7, 11) is -0.433. The molecule has 1 N–H and O–H groups in total. The highest BCUT2D eigenvalue weighted by molar-refractivity contribution is 7.92. The van der Waals surface area contributed by atoms with Crippen molar-refractivity contribution in [2.24, 2.45) is 0 Å². The number of carbonyl (C=O) groups is 1. The standard InChI is InChI=1S/C17H18N6O4S/c1-22(28(3,25)26)13-6-4-12(5-7-13)17(24)19-15-9-8-14(10-16(15)27-2)23-11-18-20-21-23/h4-11H,1-3H3,(H,19,24). The van der Waals surface area contributed by atoms with Gasteiger partial charge in [-0.15, -0.1) is 5.10 Å². The van der Waals surface area contributed by atoms with Gasteiger partial charge in [-0.05, 0) is 46.8 Å². The van der Waals surface area contributed by atoms with Gasteiger partial charge in [0.1, 0.15) is 12.1 Å². The molecule has 0 radical (unpaired) electrons. The zero-order valence-electron chi connectivity index (χ0n) is 15.4. The van der Waals surface area contributed by atoms with Crippen LogP contribution in [0.5, 0.6) is 5.75 Å². The van der Waals surface area contributed by atoms with Crippen LogP contribution in [-0.4, -0.2) is 54.9 Å². The molecular weight excluding hydrogens is 384 g/mol. The lowest BCUT2D eigenvalue weighted by atomic mass is 10.2. The fourth-order valence-electron chi connectivity index (χ4n) is 2.41. The molecule has 3 rings (SSSR count). The number of amides is 1. The van der Waals surface area contributed by atoms with Crippen molar-refractivity contribution in [2.75, 3.05) is 30.0 Å². The molecule has 0 fully saturated rings. The number of aromatic nitrogens is 4. The van der Waals surface area contributed by atoms with Crippen LogP contribution in [-0.2, 0) is 10.0 Å². The first-order chi connectivity index (χ1) is 13.3. The van der Waals surface area contributed by atoms with E-state index in [1.54, 1.807) is 42.5 Å². The van der Waals surface area contributed by atoms with Crippen molar-refractivity contribution in [1.82, 2.24) is 20.2 Å². The van der Waals surface area contributed by atoms with Gasteiger partial charge in [0.2, 0.25) is 10.0 Å². The summed E-state index contributed by atoms with van der Waals surface area (Å²) in [6.07, 6.45) is 2.56. The highest BCUT2D eigenvalue weighted by Crippen LogP contribution is 2.27. The Labute approximate surface area is 161 Å². The zero-order valence-corrected chi connectivity index (χ0v) is 16.2. The van der Waals surface area contributed by atoms with Gasteiger partial charge in [0.25, 0.3) is 5.91 Å². The first-order valence-corrected chi connectivity index (χ1v) is 9.91. The molecule has 0 saturated carbocycles. The number of rotatable bonds is 6. The molecule has 0 spiro atoms. The summed E-state index contributed by atoms with van der Waals surface area (Å²) in [5.41, 5.74) is 1.98. The van der Waals surface area contributed by atoms with Crippen molar-refractivity contribution >= 4 is 27.3 Å². The molecule has 0 aliphatic heterocycles. The Morgan fingerprint density at radius 2 is 1.89 bits per heavy atom. The van der Waals surface area contributed by atoms with Gasteiger partial charge in [-0.25, -0.2) is 13.1 Å². The smallest absolute Gasteiger partial charge is 0.255 e. The van der Waals surface area contributed by atoms with E-state index in [1.807, 2.05) is 0 Å². The molecule has 1 aromatic heterocycles. The largest absolute Gasteiger partial charge is 0.494 e. The van der Waals surface area contributed by atoms with E-state index in [0.717, 1.165) is 10.6 Å². The molecule has 10 nitrogen and oxygen atoms in total. The minimum absolute atomic E-state index is 0.359. The summed E-state index contributed by atoms with van der Waals surface area (Å²) in [5, 5.41) is 13.7. The van der Waals surface area contributed by atoms with Crippen LogP contribution in [0, 0.1) is 0 Å². The molecule has 146 valence electrons. The van der Waals surface area contributed by atoms with Crippen molar-refractivity contribution < 1.29 is 17.9 Å². The maximum Gasteiger partial charge on any atom is 0.255 e. The summed E-state index contributed by atoms with van der Waals surface area (Å²) < 4.78 is 31.1. The van der Waals surface area contributed by atoms with E-state index in [2.05, 4.69) is 20.8 Å². The molecule has 1 heterocycles. The van der Waals surface area contributed by atoms with Gasteiger partial charge >= 0.3 is 0 Å². The van der Waals surface area contributed by atoms with E-state index in [1.165, 1.54) is 25.2 Å². The van der Waals surface area contributed by atoms with E-state index < -0.39 is 10.0 Å². The molecule has 0 atom stereocenters. The summed E-state index contributed by atoms with van der Waals surface area (Å²) in [6.45, 7) is 0. The van der Waals surface area contributed by atoms with E-state index in [9.17, 15) is 13.2 Å². The van der Waals surface area contributed by atoms with E-state index in [0.29, 0.717) is 28.4 Å². The third-order valence-electron chi connectivity index (χ3n) is 4.04. The third kappa shape index (κ3) is 4.09. The summed E-state index contributed by atoms with van der Waals surface area (Å²) in [6, 6.07) is 11.3. The molecule has 11 heteroatoms. The van der Waals surface area contributed by atoms with Crippen molar-refractivity contribution in [3.05, 3.63) is 54.4 Å². The van der Waals surface area contributed by atoms with Crippen LogP contribution in [0.4, 0.5) is 11.4 Å². The van der Waals surface area contributed by atoms with Crippen LogP contribution < -0.4 is 14.4 Å². The monoisotopic (exact) mass is 402 g/mol. The van der Waals surface area contributed by atoms with Gasteiger partial charge in [0.15, 0.2) is 0 Å². The average Bonchev–Trinajstić information content (AvgIpc) is 3.22. The number of methoxy groups -OCH3 is 1. The van der Waals surface area contributed by atoms with Crippen LogP contribution in [0.15, 0.2) is 48.8 Å². The summed E-state index contributed by atoms with van der Waals surface area (Å²) in [5.74, 6) is 0.0804. The van der Waals surface area contributed by atoms with E-state index >= 15 is 0 Å². The first kappa shape index (κ1) is 19.3. The molecule has 28 heavy (non-hydrogen) atoms. The number of sulfonamides is 1. The normalized spacial score (nSPS) is 11.1. The Balaban J connectivity index is 1.79. The maximum atomic E-state index is 12.5. The zero-order chi connectivity index (χ0) is 20.3. The van der Waals surface area contributed by atoms with Crippen LogP contribution in [0.25, 0.3) is 5.69 Å². The highest BCUT2D eigenvalue weighted by atomic mass is 32.2. The Morgan fingerprint density at radius 3 is 2.46 bits per heavy atom. The molecule has 0 bridgehead atoms. The Kier molecular flexibility index (Phi) is 5.27. The number of nitrogens with one attached hydrogen (secondary N) is 1. The van der Waals surface area contributed by atoms with Gasteiger partial charge in [0, 0.05) is 18.7 Å². The maximum absolute atomic E-state index is 12.5. The van der Waals surface area contributed by atoms with E-state index in [-0.39, 0.29) is 5.91 Å². The van der Waals surface area contributed by atoms with Crippen molar-refractivity contribution in [3.8, 4) is 11.4 Å². The fourth-order valence-corrected chi connectivity index (χ4v) is 2.92. The molecule has 0 unspecified atom stereocenters. The second-order valence-electron chi connectivity index (χ2n) is 5.87. The molecule has 1 amide bonds. The van der Waals surface area contributed by atoms with Crippen molar-refractivity contribution in [1.29, 1.82) is 0 Å². The first-order valence-electron chi connectivity index (χ1n) is 8.06. The van der Waals surface area contributed by atoms with Crippen LogP contribution in [0.1, 0.15) is 10.4 Å². The topological polar surface area (TPSA) is 119 Å². The average molecular weight is 402 g/mol. The van der Waals surface area contributed by atoms with E-state index in [4.69, 9.17) is 4.74 Å². The van der Waals surface area contributed by atoms with Crippen molar-refractivity contribution in [2.45, 2.75) is 0 Å². The van der Waals surface area contributed by atoms with Crippen LogP contribution in [0.2, 0.25) is 0 Å². The molecule has 0 aliphatic carbocycles. The number of nitrogens with zero attached hydrogens (tertiary/aromatic N) is 5. The lowest BCUT2D eigenvalue weighted by Gasteiger charge is -2.17. The number of benzene rings is 2. The lowest BCUT2D eigenvalue weighted by Crippen LogP contribution is -2.24. The van der Waals surface area contributed by atoms with Crippen LogP contribution >= 0.6 is 0 Å². The summed E-state index contributed by atoms with van der Waals surface area (Å²) >= 11 is 0. The number of hydrogen-bond donors (Lipinski definition) is 1. The molecule has 3 aromatic rings. The minimum Gasteiger partial charge on any atom is -0.494 e. The number of hydrogen-bond acceptors (Lipinski definition) is 7. The SMILES string of the molecule is COc1cc(-n2cnnn2)ccc1NC(=O)c1ccc(N(C)S(C)(=O)=O)cc1. The van der Waals surface area contributed by atoms with Crippen molar-refractivity contribution in [3.63, 3.8) is 0 Å². The number of anilines is 2. The Morgan fingerprint density at radius 1 is 1.18 bits per heavy atom. The molecule has 0 saturated heterocycles. The third-order valence-corrected chi connectivity index (χ3v) is 5.24. The van der Waals surface area contributed by atoms with Crippen LogP contribution in [0.3, 0.4) is 0 Å². The number of tetrazole rings is 1. The fraction of sp³-hybridized carbons (Fsp3) is 0.176. The van der Waals surface area contributed by atoms with Gasteiger partial charge in [-0.1, -0.05) is 0 Å². The van der Waals surface area contributed by atoms with Gasteiger partial charge < -0.3 is 10.1 Å². The quantitative estimate of drug-likeness (QED) is 0.660. The Hall–Kier alpha value is -3.47. The lowest BCUT2D eigenvalue weighted by molar-refractivity contribution is 0.102. The van der Waals surface area contributed by atoms with Gasteiger partial charge in [-0.3, -0.25) is 9.10 Å². The predicted octanol–water partition coefficient (Wildman–Crippen LogP) is 1.32. The Bertz CT molecular complexity index is 1080. The number of ether oxygens (including phenoxy) is 1. The molecule has 2 aromatic carbocycles. The molecular formula is C17H18N6O4S.